The number of hydrogen-bond acceptors (Lipinski definition) is 5. The van der Waals surface area contributed by atoms with Gasteiger partial charge >= 0.3 is 5.97 Å². The van der Waals surface area contributed by atoms with Crippen LogP contribution in [0.25, 0.3) is 33.1 Å². The lowest BCUT2D eigenvalue weighted by Gasteiger charge is -2.25. The van der Waals surface area contributed by atoms with Crippen molar-refractivity contribution >= 4 is 45.3 Å². The molecule has 0 saturated heterocycles. The summed E-state index contributed by atoms with van der Waals surface area (Å²) in [6, 6.07) is 16.4. The molecule has 45 heavy (non-hydrogen) atoms. The lowest BCUT2D eigenvalue weighted by molar-refractivity contribution is -0.120. The molecule has 0 radical (unpaired) electrons. The SMILES string of the molecule is COc1ccc(-c2c(C3CCCC3)c3ccc(C(=O)NC(C)(C)C(=O)Nc4ccc5c(c4)cc(C(=O)O)n5C)cc3n2C)cn1. The number of carboxylic acid groups (broad SMARTS) is 1. The topological polar surface area (TPSA) is 127 Å². The number of aryl methyl sites for hydroxylation is 2. The van der Waals surface area contributed by atoms with Crippen LogP contribution in [-0.2, 0) is 18.9 Å². The number of pyridine rings is 1. The highest BCUT2D eigenvalue weighted by atomic mass is 16.5. The molecule has 5 aromatic rings. The predicted molar refractivity (Wildman–Crippen MR) is 174 cm³/mol. The van der Waals surface area contributed by atoms with Crippen LogP contribution in [-0.4, -0.2) is 49.7 Å². The molecule has 0 aliphatic heterocycles. The van der Waals surface area contributed by atoms with Gasteiger partial charge < -0.3 is 29.6 Å². The first-order valence-electron chi connectivity index (χ1n) is 15.1. The largest absolute Gasteiger partial charge is 0.481 e. The van der Waals surface area contributed by atoms with E-state index in [1.165, 1.54) is 18.4 Å². The van der Waals surface area contributed by atoms with Crippen molar-refractivity contribution in [3.63, 3.8) is 0 Å². The van der Waals surface area contributed by atoms with Crippen molar-refractivity contribution in [3.05, 3.63) is 77.6 Å². The molecular weight excluding hydrogens is 570 g/mol. The average molecular weight is 608 g/mol. The van der Waals surface area contributed by atoms with Crippen LogP contribution in [0.3, 0.4) is 0 Å². The summed E-state index contributed by atoms with van der Waals surface area (Å²) in [5.41, 5.74) is 4.91. The first-order chi connectivity index (χ1) is 21.5. The van der Waals surface area contributed by atoms with Gasteiger partial charge in [0.1, 0.15) is 11.2 Å². The van der Waals surface area contributed by atoms with E-state index in [1.54, 1.807) is 56.8 Å². The van der Waals surface area contributed by atoms with E-state index in [-0.39, 0.29) is 11.6 Å². The van der Waals surface area contributed by atoms with Gasteiger partial charge in [-0.1, -0.05) is 18.9 Å². The summed E-state index contributed by atoms with van der Waals surface area (Å²) >= 11 is 0. The van der Waals surface area contributed by atoms with Crippen LogP contribution in [0.2, 0.25) is 0 Å². The second-order valence-corrected chi connectivity index (χ2v) is 12.3. The van der Waals surface area contributed by atoms with Gasteiger partial charge in [0, 0.05) is 65.0 Å². The summed E-state index contributed by atoms with van der Waals surface area (Å²) in [5.74, 6) is -0.807. The summed E-state index contributed by atoms with van der Waals surface area (Å²) in [6.07, 6.45) is 6.47. The number of methoxy groups -OCH3 is 1. The normalized spacial score (nSPS) is 13.8. The number of carbonyl (C=O) groups excluding carboxylic acids is 2. The number of benzene rings is 2. The number of rotatable bonds is 8. The quantitative estimate of drug-likeness (QED) is 0.192. The predicted octanol–water partition coefficient (Wildman–Crippen LogP) is 6.24. The van der Waals surface area contributed by atoms with Gasteiger partial charge in [-0.3, -0.25) is 9.59 Å². The van der Waals surface area contributed by atoms with Gasteiger partial charge in [0.25, 0.3) is 5.91 Å². The molecule has 0 bridgehead atoms. The minimum Gasteiger partial charge on any atom is -0.481 e. The molecular formula is C35H37N5O5. The number of amides is 2. The van der Waals surface area contributed by atoms with Crippen LogP contribution in [0, 0.1) is 0 Å². The smallest absolute Gasteiger partial charge is 0.352 e. The van der Waals surface area contributed by atoms with Crippen LogP contribution >= 0.6 is 0 Å². The highest BCUT2D eigenvalue weighted by Crippen LogP contribution is 2.44. The minimum atomic E-state index is -1.24. The van der Waals surface area contributed by atoms with E-state index in [2.05, 4.69) is 20.2 Å². The average Bonchev–Trinajstić information content (AvgIpc) is 3.73. The molecule has 10 heteroatoms. The molecule has 10 nitrogen and oxygen atoms in total. The van der Waals surface area contributed by atoms with Crippen LogP contribution in [0.5, 0.6) is 5.88 Å². The standard InChI is InChI=1S/C35H37N5O5/c1-35(2,34(44)37-24-12-14-26-23(16-24)18-28(33(42)43)39(26)3)38-32(41)21-10-13-25-27(17-21)40(4)31(30(25)20-8-6-7-9-20)22-11-15-29(45-5)36-19-22/h10-20H,6-9H2,1-5H3,(H,37,44)(H,38,41)(H,42,43). The third-order valence-corrected chi connectivity index (χ3v) is 9.00. The third-order valence-electron chi connectivity index (χ3n) is 9.00. The molecule has 2 aromatic carbocycles. The molecule has 1 fully saturated rings. The van der Waals surface area contributed by atoms with Gasteiger partial charge in [-0.15, -0.1) is 0 Å². The number of carboxylic acids is 1. The molecule has 3 N–H and O–H groups in total. The van der Waals surface area contributed by atoms with Crippen molar-refractivity contribution < 1.29 is 24.2 Å². The van der Waals surface area contributed by atoms with Crippen molar-refractivity contribution in [2.75, 3.05) is 12.4 Å². The van der Waals surface area contributed by atoms with E-state index in [9.17, 15) is 19.5 Å². The van der Waals surface area contributed by atoms with Crippen molar-refractivity contribution in [2.45, 2.75) is 51.0 Å². The van der Waals surface area contributed by atoms with Gasteiger partial charge in [-0.2, -0.15) is 0 Å². The third kappa shape index (κ3) is 5.41. The van der Waals surface area contributed by atoms with Crippen molar-refractivity contribution in [3.8, 4) is 17.1 Å². The molecule has 0 atom stereocenters. The van der Waals surface area contributed by atoms with Gasteiger partial charge in [-0.25, -0.2) is 9.78 Å². The van der Waals surface area contributed by atoms with Gasteiger partial charge in [0.15, 0.2) is 0 Å². The Morgan fingerprint density at radius 2 is 1.71 bits per heavy atom. The first-order valence-corrected chi connectivity index (χ1v) is 15.1. The lowest BCUT2D eigenvalue weighted by atomic mass is 9.92. The molecule has 0 spiro atoms. The maximum atomic E-state index is 13.6. The Morgan fingerprint density at radius 3 is 2.38 bits per heavy atom. The zero-order valence-electron chi connectivity index (χ0n) is 26.1. The number of nitrogens with zero attached hydrogens (tertiary/aromatic N) is 3. The number of anilines is 1. The summed E-state index contributed by atoms with van der Waals surface area (Å²) in [7, 11) is 5.30. The Kier molecular flexibility index (Phi) is 7.60. The Morgan fingerprint density at radius 1 is 0.956 bits per heavy atom. The zero-order valence-corrected chi connectivity index (χ0v) is 26.1. The van der Waals surface area contributed by atoms with Crippen LogP contribution in [0.15, 0.2) is 60.8 Å². The fourth-order valence-corrected chi connectivity index (χ4v) is 6.56. The minimum absolute atomic E-state index is 0.152. The number of nitrogens with one attached hydrogen (secondary N) is 2. The molecule has 3 aromatic heterocycles. The fraction of sp³-hybridized carbons (Fsp3) is 0.314. The van der Waals surface area contributed by atoms with E-state index in [0.29, 0.717) is 28.4 Å². The summed E-state index contributed by atoms with van der Waals surface area (Å²) in [5, 5.41) is 17.0. The van der Waals surface area contributed by atoms with Gasteiger partial charge in [0.2, 0.25) is 11.8 Å². The second-order valence-electron chi connectivity index (χ2n) is 12.3. The molecule has 2 amide bonds. The number of carbonyl (C=O) groups is 3. The number of aromatic nitrogens is 3. The Balaban J connectivity index is 1.26. The molecule has 0 unspecified atom stereocenters. The molecule has 1 aliphatic rings. The van der Waals surface area contributed by atoms with E-state index < -0.39 is 17.4 Å². The molecule has 3 heterocycles. The van der Waals surface area contributed by atoms with Crippen LogP contribution in [0.4, 0.5) is 5.69 Å². The van der Waals surface area contributed by atoms with Crippen molar-refractivity contribution in [2.24, 2.45) is 14.1 Å². The Labute approximate surface area is 261 Å². The lowest BCUT2D eigenvalue weighted by Crippen LogP contribution is -2.52. The summed E-state index contributed by atoms with van der Waals surface area (Å²) in [6.45, 7) is 3.30. The number of aromatic carboxylic acids is 1. The van der Waals surface area contributed by atoms with E-state index in [1.807, 2.05) is 43.6 Å². The maximum absolute atomic E-state index is 13.6. The number of ether oxygens (including phenoxy) is 1. The number of hydrogen-bond donors (Lipinski definition) is 3. The van der Waals surface area contributed by atoms with Crippen LogP contribution < -0.4 is 15.4 Å². The second kappa shape index (κ2) is 11.4. The molecule has 6 rings (SSSR count). The van der Waals surface area contributed by atoms with Crippen LogP contribution in [0.1, 0.15) is 71.9 Å². The van der Waals surface area contributed by atoms with E-state index >= 15 is 0 Å². The summed E-state index contributed by atoms with van der Waals surface area (Å²) < 4.78 is 9.00. The van der Waals surface area contributed by atoms with Crippen molar-refractivity contribution in [1.82, 2.24) is 19.4 Å². The zero-order chi connectivity index (χ0) is 32.0. The van der Waals surface area contributed by atoms with E-state index in [0.717, 1.165) is 40.5 Å². The Bertz CT molecular complexity index is 1960. The summed E-state index contributed by atoms with van der Waals surface area (Å²) in [4.78, 5) is 42.9. The van der Waals surface area contributed by atoms with Gasteiger partial charge in [0.05, 0.1) is 12.8 Å². The molecule has 1 saturated carbocycles. The highest BCUT2D eigenvalue weighted by Gasteiger charge is 2.31. The number of fused-ring (bicyclic) bond motifs is 2. The molecule has 232 valence electrons. The maximum Gasteiger partial charge on any atom is 0.352 e. The highest BCUT2D eigenvalue weighted by molar-refractivity contribution is 6.06. The fourth-order valence-electron chi connectivity index (χ4n) is 6.56. The van der Waals surface area contributed by atoms with Gasteiger partial charge in [-0.05, 0) is 80.6 Å². The first kappa shape index (κ1) is 29.9. The monoisotopic (exact) mass is 607 g/mol. The molecule has 1 aliphatic carbocycles. The van der Waals surface area contributed by atoms with E-state index in [4.69, 9.17) is 4.74 Å². The van der Waals surface area contributed by atoms with Crippen molar-refractivity contribution in [1.29, 1.82) is 0 Å². The Hall–Kier alpha value is -5.12.